The fraction of sp³-hybridized carbons (Fsp3) is 0.182. The van der Waals surface area contributed by atoms with Gasteiger partial charge in [-0.15, -0.1) is 0 Å². The van der Waals surface area contributed by atoms with E-state index in [2.05, 4.69) is 14.7 Å². The van der Waals surface area contributed by atoms with Crippen LogP contribution in [0.5, 0.6) is 17.2 Å². The normalized spacial score (nSPS) is 13.0. The van der Waals surface area contributed by atoms with E-state index in [-0.39, 0.29) is 22.7 Å². The molecule has 180 valence electrons. The van der Waals surface area contributed by atoms with E-state index in [4.69, 9.17) is 9.47 Å². The number of aromatic nitrogens is 1. The van der Waals surface area contributed by atoms with E-state index in [1.54, 1.807) is 12.1 Å². The number of benzene rings is 2. The predicted molar refractivity (Wildman–Crippen MR) is 117 cm³/mol. The van der Waals surface area contributed by atoms with E-state index in [0.29, 0.717) is 11.0 Å². The molecule has 34 heavy (non-hydrogen) atoms. The summed E-state index contributed by atoms with van der Waals surface area (Å²) in [5.74, 6) is -2.19. The molecule has 3 rings (SSSR count). The van der Waals surface area contributed by atoms with Gasteiger partial charge in [0.05, 0.1) is 16.8 Å². The Hall–Kier alpha value is -3.67. The van der Waals surface area contributed by atoms with Crippen molar-refractivity contribution in [1.29, 1.82) is 0 Å². The fourth-order valence-corrected chi connectivity index (χ4v) is 3.69. The van der Waals surface area contributed by atoms with E-state index in [0.717, 1.165) is 24.4 Å². The summed E-state index contributed by atoms with van der Waals surface area (Å²) >= 11 is 0. The molecule has 0 fully saturated rings. The van der Waals surface area contributed by atoms with Gasteiger partial charge < -0.3 is 14.8 Å². The quantitative estimate of drug-likeness (QED) is 0.462. The molecule has 1 amide bonds. The van der Waals surface area contributed by atoms with Crippen molar-refractivity contribution in [2.24, 2.45) is 4.36 Å². The summed E-state index contributed by atoms with van der Waals surface area (Å²) in [5, 5.41) is 2.52. The number of methoxy groups -OCH3 is 1. The van der Waals surface area contributed by atoms with E-state index in [9.17, 15) is 26.6 Å². The summed E-state index contributed by atoms with van der Waals surface area (Å²) in [4.78, 5) is 16.6. The molecule has 0 saturated carbocycles. The molecule has 0 aliphatic carbocycles. The van der Waals surface area contributed by atoms with Crippen molar-refractivity contribution < 1.29 is 36.0 Å². The van der Waals surface area contributed by atoms with Crippen LogP contribution >= 0.6 is 0 Å². The Morgan fingerprint density at radius 1 is 1.09 bits per heavy atom. The third kappa shape index (κ3) is 5.63. The number of hydrogen-bond acceptors (Lipinski definition) is 6. The molecule has 1 atom stereocenters. The lowest BCUT2D eigenvalue weighted by atomic mass is 10.2. The van der Waals surface area contributed by atoms with E-state index in [1.807, 2.05) is 0 Å². The number of halogens is 4. The number of hydrogen-bond donors (Lipinski definition) is 1. The number of nitrogens with zero attached hydrogens (tertiary/aromatic N) is 2. The Labute approximate surface area is 192 Å². The smallest absolute Gasteiger partial charge is 0.433 e. The maximum absolute atomic E-state index is 13.5. The molecule has 7 nitrogen and oxygen atoms in total. The molecule has 0 spiro atoms. The highest BCUT2D eigenvalue weighted by atomic mass is 32.2. The van der Waals surface area contributed by atoms with Crippen LogP contribution in [0.1, 0.15) is 16.1 Å². The molecule has 3 aromatic rings. The van der Waals surface area contributed by atoms with Crippen molar-refractivity contribution in [1.82, 2.24) is 4.98 Å². The zero-order valence-electron chi connectivity index (χ0n) is 18.1. The maximum atomic E-state index is 13.5. The first kappa shape index (κ1) is 25.0. The largest absolute Gasteiger partial charge is 0.493 e. The highest BCUT2D eigenvalue weighted by Gasteiger charge is 2.34. The van der Waals surface area contributed by atoms with Gasteiger partial charge in [-0.2, -0.15) is 13.2 Å². The van der Waals surface area contributed by atoms with Gasteiger partial charge in [0.1, 0.15) is 22.8 Å². The number of carbonyl (C=O) groups excluding carboxylic acids is 1. The van der Waals surface area contributed by atoms with Crippen molar-refractivity contribution in [3.05, 3.63) is 71.8 Å². The summed E-state index contributed by atoms with van der Waals surface area (Å²) < 4.78 is 80.1. The van der Waals surface area contributed by atoms with Crippen molar-refractivity contribution in [3.8, 4) is 17.2 Å². The number of amides is 1. The van der Waals surface area contributed by atoms with Crippen molar-refractivity contribution in [2.45, 2.75) is 11.1 Å². The van der Waals surface area contributed by atoms with Crippen molar-refractivity contribution in [3.63, 3.8) is 0 Å². The number of ether oxygens (including phenoxy) is 2. The Bertz CT molecular complexity index is 1350. The average molecular weight is 497 g/mol. The van der Waals surface area contributed by atoms with Crippen LogP contribution in [0.25, 0.3) is 0 Å². The minimum absolute atomic E-state index is 0.0922. The van der Waals surface area contributed by atoms with Gasteiger partial charge in [0, 0.05) is 42.2 Å². The SMILES string of the molecule is CN=S(C)(=O)c1cccc(NC(=O)c2cnc(C(F)(F)F)cc2Oc2ccc(F)cc2OC)c1. The van der Waals surface area contributed by atoms with Gasteiger partial charge in [0.2, 0.25) is 0 Å². The van der Waals surface area contributed by atoms with E-state index < -0.39 is 39.1 Å². The summed E-state index contributed by atoms with van der Waals surface area (Å²) in [6.45, 7) is 0. The van der Waals surface area contributed by atoms with Crippen LogP contribution in [0.2, 0.25) is 0 Å². The Morgan fingerprint density at radius 3 is 2.47 bits per heavy atom. The molecule has 0 radical (unpaired) electrons. The Balaban J connectivity index is 2.02. The monoisotopic (exact) mass is 497 g/mol. The molecule has 0 saturated heterocycles. The Morgan fingerprint density at radius 2 is 1.82 bits per heavy atom. The van der Waals surface area contributed by atoms with Gasteiger partial charge in [0.15, 0.2) is 11.5 Å². The topological polar surface area (TPSA) is 89.9 Å². The first-order chi connectivity index (χ1) is 15.9. The fourth-order valence-electron chi connectivity index (χ4n) is 2.80. The van der Waals surface area contributed by atoms with Gasteiger partial charge >= 0.3 is 6.18 Å². The van der Waals surface area contributed by atoms with Crippen LogP contribution in [0.3, 0.4) is 0 Å². The molecule has 1 N–H and O–H groups in total. The highest BCUT2D eigenvalue weighted by molar-refractivity contribution is 7.93. The van der Waals surface area contributed by atoms with Gasteiger partial charge in [-0.3, -0.25) is 9.78 Å². The summed E-state index contributed by atoms with van der Waals surface area (Å²) in [6, 6.07) is 9.78. The molecule has 1 heterocycles. The lowest BCUT2D eigenvalue weighted by molar-refractivity contribution is -0.141. The molecule has 1 unspecified atom stereocenters. The molecule has 0 aliphatic rings. The van der Waals surface area contributed by atoms with Crippen molar-refractivity contribution >= 4 is 21.3 Å². The standard InChI is InChI=1S/C22H19F4N3O4S/c1-27-34(3,31)15-6-4-5-14(10-15)29-21(30)16-12-28-20(22(24,25)26)11-18(16)33-17-8-7-13(23)9-19(17)32-2/h4-12H,1-3H3,(H,29,30). The molecule has 2 aromatic carbocycles. The molecule has 12 heteroatoms. The predicted octanol–water partition coefficient (Wildman–Crippen LogP) is 5.38. The van der Waals surface area contributed by atoms with Crippen LogP contribution in [-0.2, 0) is 15.9 Å². The summed E-state index contributed by atoms with van der Waals surface area (Å²) in [5.41, 5.74) is -1.40. The van der Waals surface area contributed by atoms with Gasteiger partial charge in [0.25, 0.3) is 5.91 Å². The second-order valence-electron chi connectivity index (χ2n) is 6.93. The van der Waals surface area contributed by atoms with E-state index >= 15 is 0 Å². The van der Waals surface area contributed by atoms with Crippen molar-refractivity contribution in [2.75, 3.05) is 25.7 Å². The van der Waals surface area contributed by atoms with Gasteiger partial charge in [-0.25, -0.2) is 13.0 Å². The van der Waals surface area contributed by atoms with Crippen LogP contribution in [0.15, 0.2) is 64.0 Å². The summed E-state index contributed by atoms with van der Waals surface area (Å²) in [7, 11) is -0.0620. The van der Waals surface area contributed by atoms with Crippen LogP contribution in [0, 0.1) is 5.82 Å². The first-order valence-electron chi connectivity index (χ1n) is 9.55. The van der Waals surface area contributed by atoms with Gasteiger partial charge in [-0.1, -0.05) is 6.07 Å². The first-order valence-corrected chi connectivity index (χ1v) is 11.5. The highest BCUT2D eigenvalue weighted by Crippen LogP contribution is 2.37. The number of rotatable bonds is 6. The Kier molecular flexibility index (Phi) is 7.10. The number of carbonyl (C=O) groups is 1. The summed E-state index contributed by atoms with van der Waals surface area (Å²) in [6.07, 6.45) is -2.66. The number of anilines is 1. The second-order valence-corrected chi connectivity index (χ2v) is 9.37. The lowest BCUT2D eigenvalue weighted by Gasteiger charge is -2.16. The zero-order valence-corrected chi connectivity index (χ0v) is 19.0. The number of nitrogens with one attached hydrogen (secondary N) is 1. The van der Waals surface area contributed by atoms with Crippen LogP contribution in [-0.4, -0.2) is 35.5 Å². The minimum Gasteiger partial charge on any atom is -0.493 e. The number of alkyl halides is 3. The zero-order chi connectivity index (χ0) is 25.1. The molecule has 0 bridgehead atoms. The number of pyridine rings is 1. The van der Waals surface area contributed by atoms with E-state index in [1.165, 1.54) is 32.5 Å². The lowest BCUT2D eigenvalue weighted by Crippen LogP contribution is -2.16. The van der Waals surface area contributed by atoms with Crippen LogP contribution < -0.4 is 14.8 Å². The average Bonchev–Trinajstić information content (AvgIpc) is 2.79. The third-order valence-corrected chi connectivity index (χ3v) is 6.45. The maximum Gasteiger partial charge on any atom is 0.433 e. The molecular weight excluding hydrogens is 478 g/mol. The molecular formula is C22H19F4N3O4S. The molecule has 0 aliphatic heterocycles. The second kappa shape index (κ2) is 9.67. The third-order valence-electron chi connectivity index (χ3n) is 4.62. The molecule has 1 aromatic heterocycles. The van der Waals surface area contributed by atoms with Gasteiger partial charge in [-0.05, 0) is 30.3 Å². The van der Waals surface area contributed by atoms with Crippen LogP contribution in [0.4, 0.5) is 23.2 Å². The minimum atomic E-state index is -4.81.